The van der Waals surface area contributed by atoms with Gasteiger partial charge in [-0.05, 0) is 48.9 Å². The van der Waals surface area contributed by atoms with Crippen molar-refractivity contribution in [2.75, 3.05) is 11.9 Å². The first-order valence-electron chi connectivity index (χ1n) is 9.42. The van der Waals surface area contributed by atoms with Crippen molar-refractivity contribution in [2.45, 2.75) is 31.8 Å². The maximum Gasteiger partial charge on any atom is 0.258 e. The Morgan fingerprint density at radius 2 is 1.96 bits per heavy atom. The van der Waals surface area contributed by atoms with Gasteiger partial charge in [0.15, 0.2) is 6.61 Å². The van der Waals surface area contributed by atoms with E-state index in [-0.39, 0.29) is 18.6 Å². The van der Waals surface area contributed by atoms with Gasteiger partial charge in [0.2, 0.25) is 0 Å². The second-order valence-corrected chi connectivity index (χ2v) is 7.44. The van der Waals surface area contributed by atoms with Crippen LogP contribution in [0.15, 0.2) is 54.6 Å². The van der Waals surface area contributed by atoms with Gasteiger partial charge < -0.3 is 15.4 Å². The van der Waals surface area contributed by atoms with Crippen LogP contribution in [0.4, 0.5) is 5.82 Å². The fourth-order valence-electron chi connectivity index (χ4n) is 3.03. The fourth-order valence-corrected chi connectivity index (χ4v) is 3.30. The number of hydrogen-bond acceptors (Lipinski definition) is 4. The molecular weight excluding hydrogens is 374 g/mol. The highest BCUT2D eigenvalue weighted by atomic mass is 35.5. The minimum absolute atomic E-state index is 0.0388. The van der Waals surface area contributed by atoms with Crippen LogP contribution in [0.2, 0.25) is 5.15 Å². The molecule has 1 fully saturated rings. The van der Waals surface area contributed by atoms with E-state index in [1.54, 1.807) is 0 Å². The van der Waals surface area contributed by atoms with Crippen molar-refractivity contribution in [3.8, 4) is 5.75 Å². The van der Waals surface area contributed by atoms with Crippen molar-refractivity contribution < 1.29 is 9.53 Å². The number of fused-ring (bicyclic) bond motifs is 1. The van der Waals surface area contributed by atoms with E-state index in [1.807, 2.05) is 54.6 Å². The Hall–Kier alpha value is -2.79. The summed E-state index contributed by atoms with van der Waals surface area (Å²) in [6, 6.07) is 18.0. The predicted octanol–water partition coefficient (Wildman–Crippen LogP) is 4.72. The smallest absolute Gasteiger partial charge is 0.258 e. The lowest BCUT2D eigenvalue weighted by Crippen LogP contribution is -2.30. The van der Waals surface area contributed by atoms with Crippen molar-refractivity contribution >= 4 is 34.1 Å². The molecule has 4 rings (SSSR count). The lowest BCUT2D eigenvalue weighted by molar-refractivity contribution is -0.123. The number of nitrogens with zero attached hydrogens (tertiary/aromatic N) is 1. The molecule has 144 valence electrons. The number of anilines is 1. The first-order valence-corrected chi connectivity index (χ1v) is 9.80. The Morgan fingerprint density at radius 3 is 2.71 bits per heavy atom. The number of nitrogens with one attached hydrogen (secondary N) is 2. The molecule has 0 saturated heterocycles. The maximum absolute atomic E-state index is 11.7. The number of amides is 1. The third kappa shape index (κ3) is 4.54. The molecular formula is C22H22ClN3O2. The summed E-state index contributed by atoms with van der Waals surface area (Å²) in [6.07, 6.45) is 2.14. The Balaban J connectivity index is 1.38. The van der Waals surface area contributed by atoms with Crippen LogP contribution < -0.4 is 15.4 Å². The lowest BCUT2D eigenvalue weighted by atomic mass is 10.1. The summed E-state index contributed by atoms with van der Waals surface area (Å²) in [4.78, 5) is 16.1. The summed E-state index contributed by atoms with van der Waals surface area (Å²) in [7, 11) is 0. The molecule has 3 aromatic rings. The second-order valence-electron chi connectivity index (χ2n) is 7.08. The van der Waals surface area contributed by atoms with Crippen molar-refractivity contribution in [2.24, 2.45) is 0 Å². The normalized spacial score (nSPS) is 14.5. The number of carbonyl (C=O) groups excluding carboxylic acids is 1. The Labute approximate surface area is 169 Å². The van der Waals surface area contributed by atoms with Crippen molar-refractivity contribution in [1.82, 2.24) is 10.3 Å². The van der Waals surface area contributed by atoms with Crippen LogP contribution in [0.1, 0.15) is 31.4 Å². The molecule has 1 unspecified atom stereocenters. The number of rotatable bonds is 7. The minimum atomic E-state index is -0.0686. The minimum Gasteiger partial charge on any atom is -0.484 e. The van der Waals surface area contributed by atoms with Crippen LogP contribution in [0.25, 0.3) is 10.8 Å². The monoisotopic (exact) mass is 395 g/mol. The molecule has 1 heterocycles. The molecule has 2 N–H and O–H groups in total. The third-order valence-electron chi connectivity index (χ3n) is 4.75. The van der Waals surface area contributed by atoms with Crippen LogP contribution >= 0.6 is 11.6 Å². The van der Waals surface area contributed by atoms with E-state index < -0.39 is 0 Å². The van der Waals surface area contributed by atoms with Gasteiger partial charge in [0.05, 0.1) is 0 Å². The van der Waals surface area contributed by atoms with E-state index in [9.17, 15) is 4.79 Å². The number of carbonyl (C=O) groups is 1. The molecule has 0 spiro atoms. The highest BCUT2D eigenvalue weighted by Gasteiger charge is 2.23. The number of pyridine rings is 1. The van der Waals surface area contributed by atoms with Gasteiger partial charge in [0, 0.05) is 17.5 Å². The summed E-state index contributed by atoms with van der Waals surface area (Å²) < 4.78 is 5.55. The highest BCUT2D eigenvalue weighted by molar-refractivity contribution is 6.34. The molecule has 0 aliphatic heterocycles. The summed E-state index contributed by atoms with van der Waals surface area (Å²) in [5, 5.41) is 8.77. The van der Waals surface area contributed by atoms with Gasteiger partial charge in [-0.3, -0.25) is 4.79 Å². The summed E-state index contributed by atoms with van der Waals surface area (Å²) in [6.45, 7) is 2.10. The zero-order chi connectivity index (χ0) is 19.5. The zero-order valence-corrected chi connectivity index (χ0v) is 16.4. The van der Waals surface area contributed by atoms with Gasteiger partial charge in [-0.25, -0.2) is 4.98 Å². The van der Waals surface area contributed by atoms with Crippen LogP contribution in [0.3, 0.4) is 0 Å². The number of hydrogen-bond donors (Lipinski definition) is 2. The molecule has 1 aromatic heterocycles. The van der Waals surface area contributed by atoms with E-state index in [2.05, 4.69) is 22.5 Å². The Bertz CT molecular complexity index is 987. The topological polar surface area (TPSA) is 63.3 Å². The summed E-state index contributed by atoms with van der Waals surface area (Å²) in [5.41, 5.74) is 1.08. The lowest BCUT2D eigenvalue weighted by Gasteiger charge is -2.16. The quantitative estimate of drug-likeness (QED) is 0.568. The highest BCUT2D eigenvalue weighted by Crippen LogP contribution is 2.27. The molecule has 1 amide bonds. The molecule has 0 bridgehead atoms. The molecule has 5 nitrogen and oxygen atoms in total. The zero-order valence-electron chi connectivity index (χ0n) is 15.6. The van der Waals surface area contributed by atoms with Crippen LogP contribution in [-0.4, -0.2) is 23.5 Å². The van der Waals surface area contributed by atoms with Crippen molar-refractivity contribution in [1.29, 1.82) is 0 Å². The molecule has 28 heavy (non-hydrogen) atoms. The van der Waals surface area contributed by atoms with Gasteiger partial charge in [0.1, 0.15) is 16.7 Å². The van der Waals surface area contributed by atoms with Gasteiger partial charge in [-0.15, -0.1) is 0 Å². The Kier molecular flexibility index (Phi) is 5.35. The number of halogens is 1. The van der Waals surface area contributed by atoms with Gasteiger partial charge in [0.25, 0.3) is 5.91 Å². The number of ether oxygens (including phenoxy) is 1. The van der Waals surface area contributed by atoms with Crippen molar-refractivity contribution in [3.63, 3.8) is 0 Å². The molecule has 1 saturated carbocycles. The molecule has 2 aromatic carbocycles. The molecule has 1 aliphatic rings. The van der Waals surface area contributed by atoms with Crippen molar-refractivity contribution in [3.05, 3.63) is 65.3 Å². The Morgan fingerprint density at radius 1 is 1.21 bits per heavy atom. The molecule has 6 heteroatoms. The standard InChI is InChI=1S/C22H22ClN3O2/c1-14(24-20-12-16-4-2-3-5-19(16)22(23)26-20)15-6-10-18(11-7-15)28-13-21(27)25-17-8-9-17/h2-7,10-12,14,17H,8-9,13H2,1H3,(H,24,26)(H,25,27). The second kappa shape index (κ2) is 8.07. The van der Waals surface area contributed by atoms with Crippen LogP contribution in [0, 0.1) is 0 Å². The summed E-state index contributed by atoms with van der Waals surface area (Å²) >= 11 is 6.31. The largest absolute Gasteiger partial charge is 0.484 e. The fraction of sp³-hybridized carbons (Fsp3) is 0.273. The maximum atomic E-state index is 11.7. The number of aromatic nitrogens is 1. The van der Waals surface area contributed by atoms with Gasteiger partial charge in [-0.2, -0.15) is 0 Å². The average Bonchev–Trinajstić information content (AvgIpc) is 3.51. The first kappa shape index (κ1) is 18.6. The van der Waals surface area contributed by atoms with Gasteiger partial charge >= 0.3 is 0 Å². The molecule has 1 atom stereocenters. The SMILES string of the molecule is CC(Nc1cc2ccccc2c(Cl)n1)c1ccc(OCC(=O)NC2CC2)cc1. The van der Waals surface area contributed by atoms with E-state index in [0.717, 1.165) is 35.0 Å². The molecule has 1 aliphatic carbocycles. The van der Waals surface area contributed by atoms with E-state index in [4.69, 9.17) is 16.3 Å². The first-order chi connectivity index (χ1) is 13.6. The van der Waals surface area contributed by atoms with E-state index in [1.165, 1.54) is 0 Å². The van der Waals surface area contributed by atoms with E-state index >= 15 is 0 Å². The third-order valence-corrected chi connectivity index (χ3v) is 5.04. The van der Waals surface area contributed by atoms with E-state index in [0.29, 0.717) is 16.9 Å². The van der Waals surface area contributed by atoms with Gasteiger partial charge in [-0.1, -0.05) is 48.0 Å². The predicted molar refractivity (Wildman–Crippen MR) is 112 cm³/mol. The molecule has 0 radical (unpaired) electrons. The van der Waals surface area contributed by atoms with Crippen LogP contribution in [0.5, 0.6) is 5.75 Å². The van der Waals surface area contributed by atoms with Crippen LogP contribution in [-0.2, 0) is 4.79 Å². The average molecular weight is 396 g/mol. The number of benzene rings is 2. The summed E-state index contributed by atoms with van der Waals surface area (Å²) in [5.74, 6) is 1.34.